The van der Waals surface area contributed by atoms with Crippen LogP contribution in [0.15, 0.2) is 60.8 Å². The molecule has 0 aliphatic heterocycles. The van der Waals surface area contributed by atoms with E-state index in [1.54, 1.807) is 6.20 Å². The maximum Gasteiger partial charge on any atom is 0.256 e. The third kappa shape index (κ3) is 2.72. The maximum absolute atomic E-state index is 12.9. The molecule has 0 saturated heterocycles. The highest BCUT2D eigenvalue weighted by Crippen LogP contribution is 2.25. The van der Waals surface area contributed by atoms with E-state index >= 15 is 0 Å². The number of fused-ring (bicyclic) bond motifs is 2. The molecule has 25 heavy (non-hydrogen) atoms. The zero-order valence-corrected chi connectivity index (χ0v) is 14.1. The summed E-state index contributed by atoms with van der Waals surface area (Å²) in [5.74, 6) is -0.143. The summed E-state index contributed by atoms with van der Waals surface area (Å²) in [5.41, 5.74) is 5.01. The number of hydrogen-bond donors (Lipinski definition) is 1. The van der Waals surface area contributed by atoms with Crippen LogP contribution in [0.25, 0.3) is 21.8 Å². The third-order valence-corrected chi connectivity index (χ3v) is 4.31. The summed E-state index contributed by atoms with van der Waals surface area (Å²) >= 11 is 0. The Morgan fingerprint density at radius 1 is 0.960 bits per heavy atom. The predicted octanol–water partition coefficient (Wildman–Crippen LogP) is 4.65. The first-order chi connectivity index (χ1) is 12.1. The van der Waals surface area contributed by atoms with Gasteiger partial charge in [-0.25, -0.2) is 0 Å². The van der Waals surface area contributed by atoms with Crippen LogP contribution in [-0.2, 0) is 0 Å². The molecule has 0 radical (unpaired) electrons. The van der Waals surface area contributed by atoms with Gasteiger partial charge in [0.15, 0.2) is 0 Å². The Labute approximate surface area is 145 Å². The molecule has 0 atom stereocenters. The van der Waals surface area contributed by atoms with Crippen molar-refractivity contribution < 1.29 is 4.79 Å². The van der Waals surface area contributed by atoms with Crippen molar-refractivity contribution in [1.82, 2.24) is 9.97 Å². The largest absolute Gasteiger partial charge is 0.321 e. The Hall–Kier alpha value is -3.27. The number of nitrogens with one attached hydrogen (secondary N) is 1. The van der Waals surface area contributed by atoms with E-state index < -0.39 is 0 Å². The van der Waals surface area contributed by atoms with Crippen molar-refractivity contribution in [3.63, 3.8) is 0 Å². The molecule has 0 bridgehead atoms. The first-order valence-electron chi connectivity index (χ1n) is 8.15. The van der Waals surface area contributed by atoms with E-state index in [1.807, 2.05) is 68.4 Å². The highest BCUT2D eigenvalue weighted by Gasteiger charge is 2.13. The van der Waals surface area contributed by atoms with Crippen LogP contribution in [0.4, 0.5) is 5.69 Å². The van der Waals surface area contributed by atoms with Gasteiger partial charge in [0.1, 0.15) is 0 Å². The van der Waals surface area contributed by atoms with Gasteiger partial charge in [-0.3, -0.25) is 14.8 Å². The lowest BCUT2D eigenvalue weighted by atomic mass is 10.1. The zero-order chi connectivity index (χ0) is 17.4. The number of rotatable bonds is 2. The Kier molecular flexibility index (Phi) is 3.65. The SMILES string of the molecule is Cc1cc(C(=O)Nc2ccnc3c(C)cccc23)c2ccccc2n1. The number of nitrogens with zero attached hydrogens (tertiary/aromatic N) is 2. The van der Waals surface area contributed by atoms with E-state index in [2.05, 4.69) is 15.3 Å². The molecule has 4 rings (SSSR count). The molecule has 0 unspecified atom stereocenters. The second-order valence-electron chi connectivity index (χ2n) is 6.11. The van der Waals surface area contributed by atoms with E-state index in [1.165, 1.54) is 0 Å². The zero-order valence-electron chi connectivity index (χ0n) is 14.1. The lowest BCUT2D eigenvalue weighted by molar-refractivity contribution is 0.102. The van der Waals surface area contributed by atoms with E-state index in [0.29, 0.717) is 5.56 Å². The number of carbonyl (C=O) groups is 1. The van der Waals surface area contributed by atoms with Crippen LogP contribution in [0.5, 0.6) is 0 Å². The fraction of sp³-hybridized carbons (Fsp3) is 0.0952. The summed E-state index contributed by atoms with van der Waals surface area (Å²) < 4.78 is 0. The lowest BCUT2D eigenvalue weighted by Crippen LogP contribution is -2.13. The standard InChI is InChI=1S/C21H17N3O/c1-13-6-5-8-16-19(10-11-22-20(13)16)24-21(25)17-12-14(2)23-18-9-4-3-7-15(17)18/h3-12H,1-2H3,(H,22,24,25). The fourth-order valence-electron chi connectivity index (χ4n) is 3.12. The van der Waals surface area contributed by atoms with E-state index in [-0.39, 0.29) is 5.91 Å². The minimum atomic E-state index is -0.143. The summed E-state index contributed by atoms with van der Waals surface area (Å²) in [5, 5.41) is 4.82. The molecule has 0 spiro atoms. The van der Waals surface area contributed by atoms with Crippen LogP contribution in [0.3, 0.4) is 0 Å². The van der Waals surface area contributed by atoms with Gasteiger partial charge < -0.3 is 5.32 Å². The average molecular weight is 327 g/mol. The number of benzene rings is 2. The quantitative estimate of drug-likeness (QED) is 0.583. The van der Waals surface area contributed by atoms with Crippen molar-refractivity contribution in [3.8, 4) is 0 Å². The second kappa shape index (κ2) is 5.98. The Morgan fingerprint density at radius 2 is 1.76 bits per heavy atom. The molecule has 1 amide bonds. The molecule has 2 aromatic heterocycles. The predicted molar refractivity (Wildman–Crippen MR) is 101 cm³/mol. The van der Waals surface area contributed by atoms with Gasteiger partial charge >= 0.3 is 0 Å². The number of pyridine rings is 2. The summed E-state index contributed by atoms with van der Waals surface area (Å²) in [4.78, 5) is 21.9. The normalized spacial score (nSPS) is 11.0. The van der Waals surface area contributed by atoms with Crippen molar-refractivity contribution in [2.75, 3.05) is 5.32 Å². The van der Waals surface area contributed by atoms with Crippen LogP contribution in [0.2, 0.25) is 0 Å². The fourth-order valence-corrected chi connectivity index (χ4v) is 3.12. The molecule has 0 fully saturated rings. The molecule has 4 nitrogen and oxygen atoms in total. The molecular formula is C21H17N3O. The van der Waals surface area contributed by atoms with Gasteiger partial charge in [-0.05, 0) is 37.6 Å². The third-order valence-electron chi connectivity index (χ3n) is 4.31. The second-order valence-corrected chi connectivity index (χ2v) is 6.11. The first-order valence-corrected chi connectivity index (χ1v) is 8.15. The number of amides is 1. The first kappa shape index (κ1) is 15.3. The Balaban J connectivity index is 1.81. The summed E-state index contributed by atoms with van der Waals surface area (Å²) in [7, 11) is 0. The van der Waals surface area contributed by atoms with Crippen LogP contribution in [0.1, 0.15) is 21.6 Å². The Morgan fingerprint density at radius 3 is 2.64 bits per heavy atom. The highest BCUT2D eigenvalue weighted by molar-refractivity contribution is 6.14. The number of carbonyl (C=O) groups excluding carboxylic acids is 1. The van der Waals surface area contributed by atoms with Crippen molar-refractivity contribution >= 4 is 33.4 Å². The van der Waals surface area contributed by atoms with Gasteiger partial charge in [0.2, 0.25) is 0 Å². The number of aromatic nitrogens is 2. The van der Waals surface area contributed by atoms with Gasteiger partial charge in [-0.2, -0.15) is 0 Å². The molecule has 0 aliphatic rings. The van der Waals surface area contributed by atoms with Gasteiger partial charge in [0, 0.05) is 22.7 Å². The summed E-state index contributed by atoms with van der Waals surface area (Å²) in [6.45, 7) is 3.91. The summed E-state index contributed by atoms with van der Waals surface area (Å²) in [6, 6.07) is 17.3. The molecule has 4 aromatic rings. The smallest absolute Gasteiger partial charge is 0.256 e. The van der Waals surface area contributed by atoms with E-state index in [0.717, 1.165) is 38.8 Å². The van der Waals surface area contributed by atoms with Crippen molar-refractivity contribution in [2.45, 2.75) is 13.8 Å². The van der Waals surface area contributed by atoms with E-state index in [4.69, 9.17) is 0 Å². The van der Waals surface area contributed by atoms with E-state index in [9.17, 15) is 4.79 Å². The van der Waals surface area contributed by atoms with Gasteiger partial charge in [-0.15, -0.1) is 0 Å². The number of aryl methyl sites for hydroxylation is 2. The Bertz CT molecular complexity index is 1120. The van der Waals surface area contributed by atoms with Gasteiger partial charge in [-0.1, -0.05) is 36.4 Å². The minimum Gasteiger partial charge on any atom is -0.321 e. The molecule has 2 heterocycles. The maximum atomic E-state index is 12.9. The van der Waals surface area contributed by atoms with Gasteiger partial charge in [0.25, 0.3) is 5.91 Å². The summed E-state index contributed by atoms with van der Waals surface area (Å²) in [6.07, 6.45) is 1.72. The molecule has 4 heteroatoms. The number of hydrogen-bond acceptors (Lipinski definition) is 3. The topological polar surface area (TPSA) is 54.9 Å². The lowest BCUT2D eigenvalue weighted by Gasteiger charge is -2.11. The average Bonchev–Trinajstić information content (AvgIpc) is 2.62. The van der Waals surface area contributed by atoms with Crippen molar-refractivity contribution in [2.24, 2.45) is 0 Å². The molecule has 2 aromatic carbocycles. The number of para-hydroxylation sites is 2. The highest BCUT2D eigenvalue weighted by atomic mass is 16.1. The minimum absolute atomic E-state index is 0.143. The molecule has 0 aliphatic carbocycles. The van der Waals surface area contributed by atoms with Crippen LogP contribution in [-0.4, -0.2) is 15.9 Å². The van der Waals surface area contributed by atoms with Crippen molar-refractivity contribution in [3.05, 3.63) is 77.6 Å². The molecular weight excluding hydrogens is 310 g/mol. The molecule has 1 N–H and O–H groups in total. The molecule has 122 valence electrons. The van der Waals surface area contributed by atoms with Crippen LogP contribution in [0, 0.1) is 13.8 Å². The van der Waals surface area contributed by atoms with Crippen LogP contribution < -0.4 is 5.32 Å². The van der Waals surface area contributed by atoms with Crippen LogP contribution >= 0.6 is 0 Å². The number of anilines is 1. The molecule has 0 saturated carbocycles. The van der Waals surface area contributed by atoms with Gasteiger partial charge in [0.05, 0.1) is 22.3 Å². The van der Waals surface area contributed by atoms with Crippen molar-refractivity contribution in [1.29, 1.82) is 0 Å². The monoisotopic (exact) mass is 327 g/mol.